The Morgan fingerprint density at radius 1 is 1.06 bits per heavy atom. The molecule has 174 valence electrons. The van der Waals surface area contributed by atoms with E-state index in [0.29, 0.717) is 35.2 Å². The van der Waals surface area contributed by atoms with Crippen molar-refractivity contribution < 1.29 is 23.9 Å². The van der Waals surface area contributed by atoms with Crippen molar-refractivity contribution in [2.45, 2.75) is 37.6 Å². The number of amides is 4. The molecular weight excluding hydrogens is 434 g/mol. The van der Waals surface area contributed by atoms with E-state index < -0.39 is 17.5 Å². The maximum atomic E-state index is 12.7. The van der Waals surface area contributed by atoms with E-state index in [9.17, 15) is 19.2 Å². The fourth-order valence-corrected chi connectivity index (χ4v) is 4.29. The molecule has 1 saturated carbocycles. The highest BCUT2D eigenvalue weighted by Gasteiger charge is 2.52. The van der Waals surface area contributed by atoms with Gasteiger partial charge in [-0.1, -0.05) is 36.8 Å². The number of nitrogens with one attached hydrogen (secondary N) is 2. The number of esters is 1. The van der Waals surface area contributed by atoms with Crippen LogP contribution in [0, 0.1) is 11.8 Å². The number of anilines is 1. The fourth-order valence-electron chi connectivity index (χ4n) is 4.29. The molecule has 2 aromatic rings. The van der Waals surface area contributed by atoms with Gasteiger partial charge < -0.3 is 15.4 Å². The summed E-state index contributed by atoms with van der Waals surface area (Å²) < 4.78 is 4.72. The molecule has 1 aliphatic carbocycles. The minimum absolute atomic E-state index is 0.00542. The van der Waals surface area contributed by atoms with Crippen molar-refractivity contribution >= 4 is 29.5 Å². The van der Waals surface area contributed by atoms with Gasteiger partial charge in [-0.3, -0.25) is 14.5 Å². The van der Waals surface area contributed by atoms with Crippen LogP contribution in [0.4, 0.5) is 10.5 Å². The summed E-state index contributed by atoms with van der Waals surface area (Å²) in [6.45, 7) is 0.0360. The highest BCUT2D eigenvalue weighted by atomic mass is 16.5. The molecule has 2 aromatic carbocycles. The third-order valence-electron chi connectivity index (χ3n) is 6.05. The Kier molecular flexibility index (Phi) is 6.64. The zero-order valence-electron chi connectivity index (χ0n) is 18.8. The topological polar surface area (TPSA) is 105 Å². The number of ether oxygens (including phenoxy) is 1. The van der Waals surface area contributed by atoms with Crippen LogP contribution >= 0.6 is 0 Å². The van der Waals surface area contributed by atoms with Gasteiger partial charge in [0.25, 0.3) is 5.91 Å². The van der Waals surface area contributed by atoms with Crippen LogP contribution in [0.1, 0.15) is 53.6 Å². The molecule has 1 spiro atoms. The van der Waals surface area contributed by atoms with Crippen LogP contribution in [-0.4, -0.2) is 47.9 Å². The maximum Gasteiger partial charge on any atom is 0.337 e. The number of nitrogens with zero attached hydrogens (tertiary/aromatic N) is 1. The van der Waals surface area contributed by atoms with Gasteiger partial charge in [0.15, 0.2) is 0 Å². The van der Waals surface area contributed by atoms with Gasteiger partial charge >= 0.3 is 12.0 Å². The minimum atomic E-state index is -0.767. The van der Waals surface area contributed by atoms with E-state index in [4.69, 9.17) is 4.74 Å². The van der Waals surface area contributed by atoms with Gasteiger partial charge in [-0.2, -0.15) is 0 Å². The summed E-state index contributed by atoms with van der Waals surface area (Å²) in [5, 5.41) is 5.60. The summed E-state index contributed by atoms with van der Waals surface area (Å²) in [7, 11) is 1.32. The van der Waals surface area contributed by atoms with E-state index in [1.807, 2.05) is 0 Å². The number of imide groups is 1. The van der Waals surface area contributed by atoms with Crippen LogP contribution in [0.2, 0.25) is 0 Å². The normalized spacial score (nSPS) is 16.1. The summed E-state index contributed by atoms with van der Waals surface area (Å²) in [6, 6.07) is 13.4. The van der Waals surface area contributed by atoms with Crippen molar-refractivity contribution in [1.29, 1.82) is 0 Å². The molecule has 0 bridgehead atoms. The van der Waals surface area contributed by atoms with Gasteiger partial charge in [-0.25, -0.2) is 9.59 Å². The first-order valence-corrected chi connectivity index (χ1v) is 11.1. The lowest BCUT2D eigenvalue weighted by Gasteiger charge is -2.19. The van der Waals surface area contributed by atoms with Crippen molar-refractivity contribution in [3.8, 4) is 11.8 Å². The van der Waals surface area contributed by atoms with E-state index in [1.54, 1.807) is 48.5 Å². The summed E-state index contributed by atoms with van der Waals surface area (Å²) in [6.07, 6.45) is 3.14. The van der Waals surface area contributed by atoms with Crippen molar-refractivity contribution in [2.75, 3.05) is 19.0 Å². The molecule has 1 saturated heterocycles. The molecule has 0 aromatic heterocycles. The van der Waals surface area contributed by atoms with E-state index in [2.05, 4.69) is 22.5 Å². The van der Waals surface area contributed by atoms with Crippen LogP contribution in [0.15, 0.2) is 48.5 Å². The summed E-state index contributed by atoms with van der Waals surface area (Å²) >= 11 is 0. The molecule has 2 fully saturated rings. The second kappa shape index (κ2) is 9.79. The van der Waals surface area contributed by atoms with Gasteiger partial charge in [0.1, 0.15) is 5.54 Å². The first-order valence-electron chi connectivity index (χ1n) is 11.1. The van der Waals surface area contributed by atoms with Gasteiger partial charge in [0.2, 0.25) is 5.91 Å². The Labute approximate surface area is 197 Å². The first kappa shape index (κ1) is 23.1. The highest BCUT2D eigenvalue weighted by molar-refractivity contribution is 6.07. The van der Waals surface area contributed by atoms with E-state index in [-0.39, 0.29) is 24.8 Å². The standard InChI is InChI=1S/C26H25N3O5/c1-34-23(31)20-8-4-6-18(16-20)10-11-19-7-5-9-21(17-19)27-22(30)12-15-29-24(32)26(28-25(29)33)13-2-3-14-26/h4-9,16-17H,2-3,12-15H2,1H3,(H,27,30)(H,28,33). The van der Waals surface area contributed by atoms with Crippen LogP contribution in [0.3, 0.4) is 0 Å². The molecular formula is C26H25N3O5. The molecule has 0 atom stereocenters. The number of carbonyl (C=O) groups excluding carboxylic acids is 4. The van der Waals surface area contributed by atoms with Crippen molar-refractivity contribution in [3.63, 3.8) is 0 Å². The van der Waals surface area contributed by atoms with Gasteiger partial charge in [-0.15, -0.1) is 0 Å². The third-order valence-corrected chi connectivity index (χ3v) is 6.05. The van der Waals surface area contributed by atoms with E-state index in [1.165, 1.54) is 7.11 Å². The third kappa shape index (κ3) is 4.94. The highest BCUT2D eigenvalue weighted by Crippen LogP contribution is 2.35. The minimum Gasteiger partial charge on any atom is -0.465 e. The molecule has 4 amide bonds. The molecule has 1 heterocycles. The van der Waals surface area contributed by atoms with Gasteiger partial charge in [-0.05, 0) is 49.2 Å². The number of methoxy groups -OCH3 is 1. The zero-order chi connectivity index (χ0) is 24.1. The van der Waals surface area contributed by atoms with E-state index in [0.717, 1.165) is 17.7 Å². The SMILES string of the molecule is COC(=O)c1cccc(C#Cc2cccc(NC(=O)CCN3C(=O)NC4(CCCC4)C3=O)c2)c1. The Morgan fingerprint density at radius 2 is 1.74 bits per heavy atom. The lowest BCUT2D eigenvalue weighted by molar-refractivity contribution is -0.131. The molecule has 2 N–H and O–H groups in total. The molecule has 34 heavy (non-hydrogen) atoms. The monoisotopic (exact) mass is 459 g/mol. The van der Waals surface area contributed by atoms with Crippen molar-refractivity contribution in [1.82, 2.24) is 10.2 Å². The van der Waals surface area contributed by atoms with Crippen molar-refractivity contribution in [3.05, 3.63) is 65.2 Å². The number of hydrogen-bond acceptors (Lipinski definition) is 5. The van der Waals surface area contributed by atoms with Crippen molar-refractivity contribution in [2.24, 2.45) is 0 Å². The first-order chi connectivity index (χ1) is 16.4. The lowest BCUT2D eigenvalue weighted by Crippen LogP contribution is -2.44. The fraction of sp³-hybridized carbons (Fsp3) is 0.308. The number of rotatable bonds is 5. The number of carbonyl (C=O) groups is 4. The largest absolute Gasteiger partial charge is 0.465 e. The molecule has 0 unspecified atom stereocenters. The molecule has 0 radical (unpaired) electrons. The summed E-state index contributed by atoms with van der Waals surface area (Å²) in [5.41, 5.74) is 1.55. The van der Waals surface area contributed by atoms with Gasteiger partial charge in [0.05, 0.1) is 12.7 Å². The predicted molar refractivity (Wildman–Crippen MR) is 125 cm³/mol. The average molecular weight is 460 g/mol. The summed E-state index contributed by atoms with van der Waals surface area (Å²) in [4.78, 5) is 50.2. The molecule has 1 aliphatic heterocycles. The number of urea groups is 1. The molecule has 8 heteroatoms. The average Bonchev–Trinajstić information content (AvgIpc) is 3.40. The van der Waals surface area contributed by atoms with Crippen LogP contribution in [0.25, 0.3) is 0 Å². The van der Waals surface area contributed by atoms with Crippen LogP contribution in [0.5, 0.6) is 0 Å². The van der Waals surface area contributed by atoms with E-state index >= 15 is 0 Å². The Bertz CT molecular complexity index is 1200. The molecule has 4 rings (SSSR count). The zero-order valence-corrected chi connectivity index (χ0v) is 18.8. The maximum absolute atomic E-state index is 12.7. The second-order valence-corrected chi connectivity index (χ2v) is 8.38. The smallest absolute Gasteiger partial charge is 0.337 e. The predicted octanol–water partition coefficient (Wildman–Crippen LogP) is 3.07. The Hall–Kier alpha value is -4.12. The Morgan fingerprint density at radius 3 is 2.44 bits per heavy atom. The number of hydrogen-bond donors (Lipinski definition) is 2. The quantitative estimate of drug-likeness (QED) is 0.406. The lowest BCUT2D eigenvalue weighted by atomic mass is 9.98. The Balaban J connectivity index is 1.35. The van der Waals surface area contributed by atoms with Crippen LogP contribution in [-0.2, 0) is 14.3 Å². The second-order valence-electron chi connectivity index (χ2n) is 8.38. The molecule has 2 aliphatic rings. The summed E-state index contributed by atoms with van der Waals surface area (Å²) in [5.74, 6) is 5.05. The van der Waals surface area contributed by atoms with Crippen LogP contribution < -0.4 is 10.6 Å². The molecule has 8 nitrogen and oxygen atoms in total. The van der Waals surface area contributed by atoms with Gasteiger partial charge in [0, 0.05) is 29.8 Å². The number of benzene rings is 2.